The van der Waals surface area contributed by atoms with E-state index in [1.807, 2.05) is 0 Å². The van der Waals surface area contributed by atoms with Gasteiger partial charge in [0.1, 0.15) is 5.75 Å². The van der Waals surface area contributed by atoms with E-state index in [2.05, 4.69) is 4.74 Å². The summed E-state index contributed by atoms with van der Waals surface area (Å²) in [6.07, 6.45) is -2.47. The summed E-state index contributed by atoms with van der Waals surface area (Å²) in [6.45, 7) is 0.509. The lowest BCUT2D eigenvalue weighted by Gasteiger charge is -2.33. The Hall–Kier alpha value is -3.07. The van der Waals surface area contributed by atoms with E-state index in [4.69, 9.17) is 5.21 Å². The number of carbonyl (C=O) groups is 2. The normalized spacial score (nSPS) is 20.6. The minimum atomic E-state index is -4.80. The first-order valence-electron chi connectivity index (χ1n) is 9.90. The maximum Gasteiger partial charge on any atom is 0.573 e. The summed E-state index contributed by atoms with van der Waals surface area (Å²) >= 11 is 0. The molecule has 4 rings (SSSR count). The molecule has 0 radical (unpaired) electrons. The largest absolute Gasteiger partial charge is 0.573 e. The monoisotopic (exact) mass is 434 g/mol. The van der Waals surface area contributed by atoms with Gasteiger partial charge >= 0.3 is 6.36 Å². The van der Waals surface area contributed by atoms with Crippen molar-refractivity contribution in [2.45, 2.75) is 38.6 Å². The first kappa shape index (κ1) is 21.2. The van der Waals surface area contributed by atoms with Gasteiger partial charge in [-0.1, -0.05) is 24.3 Å². The van der Waals surface area contributed by atoms with Crippen LogP contribution in [0.3, 0.4) is 0 Å². The van der Waals surface area contributed by atoms with Gasteiger partial charge in [-0.3, -0.25) is 14.8 Å². The van der Waals surface area contributed by atoms with Crippen LogP contribution in [0.1, 0.15) is 39.9 Å². The van der Waals surface area contributed by atoms with Crippen molar-refractivity contribution in [2.24, 2.45) is 5.41 Å². The summed E-state index contributed by atoms with van der Waals surface area (Å²) in [7, 11) is 0. The molecule has 1 saturated heterocycles. The van der Waals surface area contributed by atoms with Crippen LogP contribution < -0.4 is 10.2 Å². The van der Waals surface area contributed by atoms with Crippen molar-refractivity contribution in [3.8, 4) is 5.75 Å². The van der Waals surface area contributed by atoms with Gasteiger partial charge in [0.05, 0.1) is 5.41 Å². The molecule has 1 spiro atoms. The Balaban J connectivity index is 1.51. The first-order chi connectivity index (χ1) is 14.7. The number of nitrogens with zero attached hydrogens (tertiary/aromatic N) is 1. The van der Waals surface area contributed by atoms with Crippen molar-refractivity contribution in [2.75, 3.05) is 6.54 Å². The van der Waals surface area contributed by atoms with Crippen LogP contribution in [0.25, 0.3) is 0 Å². The van der Waals surface area contributed by atoms with Crippen molar-refractivity contribution in [1.82, 2.24) is 10.4 Å². The number of fused-ring (bicyclic) bond motifs is 1. The quantitative estimate of drug-likeness (QED) is 0.569. The number of rotatable bonds is 4. The third kappa shape index (κ3) is 4.23. The van der Waals surface area contributed by atoms with Gasteiger partial charge in [-0.2, -0.15) is 0 Å². The second kappa shape index (κ2) is 7.88. The maximum absolute atomic E-state index is 13.3. The lowest BCUT2D eigenvalue weighted by molar-refractivity contribution is -0.275. The summed E-state index contributed by atoms with van der Waals surface area (Å²) in [5.41, 5.74) is 3.60. The number of para-hydroxylation sites is 1. The topological polar surface area (TPSA) is 78.9 Å². The van der Waals surface area contributed by atoms with Crippen molar-refractivity contribution in [3.63, 3.8) is 0 Å². The molecule has 1 heterocycles. The molecule has 6 nitrogen and oxygen atoms in total. The molecule has 2 aromatic carbocycles. The minimum absolute atomic E-state index is 0.0509. The number of alkyl halides is 3. The summed E-state index contributed by atoms with van der Waals surface area (Å²) in [5, 5.41) is 8.81. The Morgan fingerprint density at radius 2 is 1.94 bits per heavy atom. The molecule has 2 aromatic rings. The highest BCUT2D eigenvalue weighted by Crippen LogP contribution is 2.44. The van der Waals surface area contributed by atoms with Gasteiger partial charge in [-0.25, -0.2) is 5.48 Å². The number of aryl methyl sites for hydroxylation is 1. The molecule has 0 aromatic heterocycles. The number of benzene rings is 2. The second-order valence-electron chi connectivity index (χ2n) is 8.01. The van der Waals surface area contributed by atoms with E-state index in [0.29, 0.717) is 43.4 Å². The summed E-state index contributed by atoms with van der Waals surface area (Å²) in [5.74, 6) is -0.962. The number of amides is 2. The average Bonchev–Trinajstić information content (AvgIpc) is 3.02. The van der Waals surface area contributed by atoms with Crippen LogP contribution in [-0.4, -0.2) is 34.8 Å². The van der Waals surface area contributed by atoms with Gasteiger partial charge in [-0.15, -0.1) is 13.2 Å². The van der Waals surface area contributed by atoms with Crippen LogP contribution in [0.15, 0.2) is 42.5 Å². The van der Waals surface area contributed by atoms with Gasteiger partial charge in [-0.05, 0) is 55.0 Å². The minimum Gasteiger partial charge on any atom is -0.405 e. The smallest absolute Gasteiger partial charge is 0.405 e. The van der Waals surface area contributed by atoms with E-state index in [0.717, 1.165) is 11.1 Å². The fraction of sp³-hybridized carbons (Fsp3) is 0.364. The SMILES string of the molecule is O=C(NO)c1ccc2c(c1)CC[C@]1(CCN(Cc3ccccc3OC(F)(F)F)C1=O)C2. The molecule has 0 saturated carbocycles. The van der Waals surface area contributed by atoms with E-state index in [1.165, 1.54) is 18.2 Å². The molecule has 2 amide bonds. The predicted octanol–water partition coefficient (Wildman–Crippen LogP) is 3.61. The highest BCUT2D eigenvalue weighted by Gasteiger charge is 2.48. The number of carbonyl (C=O) groups excluding carboxylic acids is 2. The van der Waals surface area contributed by atoms with Gasteiger partial charge in [0.2, 0.25) is 5.91 Å². The van der Waals surface area contributed by atoms with E-state index >= 15 is 0 Å². The highest BCUT2D eigenvalue weighted by molar-refractivity contribution is 5.93. The molecule has 2 N–H and O–H groups in total. The number of nitrogens with one attached hydrogen (secondary N) is 1. The van der Waals surface area contributed by atoms with Crippen LogP contribution in [0, 0.1) is 5.41 Å². The van der Waals surface area contributed by atoms with Crippen molar-refractivity contribution in [3.05, 3.63) is 64.7 Å². The molecule has 2 aliphatic rings. The molecule has 1 fully saturated rings. The number of hydroxylamine groups is 1. The average molecular weight is 434 g/mol. The van der Waals surface area contributed by atoms with Gasteiger partial charge < -0.3 is 9.64 Å². The van der Waals surface area contributed by atoms with Gasteiger partial charge in [0.25, 0.3) is 5.91 Å². The summed E-state index contributed by atoms with van der Waals surface area (Å²) in [6, 6.07) is 11.0. The van der Waals surface area contributed by atoms with Gasteiger partial charge in [0, 0.05) is 24.2 Å². The lowest BCUT2D eigenvalue weighted by atomic mass is 9.70. The van der Waals surface area contributed by atoms with E-state index in [1.54, 1.807) is 34.6 Å². The molecule has 0 bridgehead atoms. The second-order valence-corrected chi connectivity index (χ2v) is 8.01. The Labute approximate surface area is 176 Å². The Morgan fingerprint density at radius 3 is 2.68 bits per heavy atom. The van der Waals surface area contributed by atoms with Crippen LogP contribution in [0.5, 0.6) is 5.75 Å². The number of hydrogen-bond acceptors (Lipinski definition) is 4. The molecule has 1 aliphatic carbocycles. The zero-order valence-electron chi connectivity index (χ0n) is 16.5. The molecule has 0 unspecified atom stereocenters. The van der Waals surface area contributed by atoms with Crippen LogP contribution in [-0.2, 0) is 24.2 Å². The van der Waals surface area contributed by atoms with E-state index in [9.17, 15) is 22.8 Å². The molecular formula is C22H21F3N2O4. The molecular weight excluding hydrogens is 413 g/mol. The van der Waals surface area contributed by atoms with Crippen LogP contribution in [0.2, 0.25) is 0 Å². The Bertz CT molecular complexity index is 1020. The van der Waals surface area contributed by atoms with Crippen molar-refractivity contribution in [1.29, 1.82) is 0 Å². The van der Waals surface area contributed by atoms with Crippen molar-refractivity contribution < 1.29 is 32.7 Å². The van der Waals surface area contributed by atoms with E-state index < -0.39 is 17.7 Å². The Kier molecular flexibility index (Phi) is 5.38. The van der Waals surface area contributed by atoms with Crippen molar-refractivity contribution >= 4 is 11.8 Å². The molecule has 1 atom stereocenters. The molecule has 164 valence electrons. The number of ether oxygens (including phenoxy) is 1. The Morgan fingerprint density at radius 1 is 1.16 bits per heavy atom. The predicted molar refractivity (Wildman–Crippen MR) is 103 cm³/mol. The van der Waals surface area contributed by atoms with Crippen LogP contribution in [0.4, 0.5) is 13.2 Å². The molecule has 31 heavy (non-hydrogen) atoms. The summed E-state index contributed by atoms with van der Waals surface area (Å²) < 4.78 is 42.2. The summed E-state index contributed by atoms with van der Waals surface area (Å²) in [4.78, 5) is 26.5. The zero-order chi connectivity index (χ0) is 22.2. The van der Waals surface area contributed by atoms with Gasteiger partial charge in [0.15, 0.2) is 0 Å². The number of halogens is 3. The maximum atomic E-state index is 13.3. The first-order valence-corrected chi connectivity index (χ1v) is 9.90. The molecule has 9 heteroatoms. The number of hydrogen-bond donors (Lipinski definition) is 2. The highest BCUT2D eigenvalue weighted by atomic mass is 19.4. The fourth-order valence-electron chi connectivity index (χ4n) is 4.57. The molecule has 1 aliphatic heterocycles. The third-order valence-corrected chi connectivity index (χ3v) is 6.13. The zero-order valence-corrected chi connectivity index (χ0v) is 16.5. The standard InChI is InChI=1S/C22H21F3N2O4/c23-22(24,25)31-18-4-2-1-3-17(18)13-27-10-9-21(20(27)29)8-7-14-11-15(19(28)26-30)5-6-16(14)12-21/h1-6,11,30H,7-10,12-13H2,(H,26,28)/t21-/m0/s1. The van der Waals surface area contributed by atoms with E-state index in [-0.39, 0.29) is 18.2 Å². The number of likely N-dealkylation sites (tertiary alicyclic amines) is 1. The van der Waals surface area contributed by atoms with Crippen LogP contribution >= 0.6 is 0 Å². The lowest BCUT2D eigenvalue weighted by Crippen LogP contribution is -2.38. The fourth-order valence-corrected chi connectivity index (χ4v) is 4.57. The third-order valence-electron chi connectivity index (χ3n) is 6.13.